The van der Waals surface area contributed by atoms with Crippen molar-refractivity contribution < 1.29 is 37.0 Å². The number of rotatable bonds is 8. The van der Waals surface area contributed by atoms with Gasteiger partial charge in [-0.15, -0.1) is 0 Å². The van der Waals surface area contributed by atoms with Crippen LogP contribution in [0.3, 0.4) is 0 Å². The number of nitrogens with zero attached hydrogens (tertiary/aromatic N) is 3. The van der Waals surface area contributed by atoms with E-state index in [0.29, 0.717) is 23.9 Å². The molecule has 236 valence electrons. The Balaban J connectivity index is 1.43. The average molecular weight is 636 g/mol. The van der Waals surface area contributed by atoms with Crippen LogP contribution in [0.15, 0.2) is 58.2 Å². The monoisotopic (exact) mass is 635 g/mol. The van der Waals surface area contributed by atoms with E-state index in [1.165, 1.54) is 16.7 Å². The summed E-state index contributed by atoms with van der Waals surface area (Å²) in [7, 11) is -4.18. The van der Waals surface area contributed by atoms with Crippen molar-refractivity contribution in [1.82, 2.24) is 8.87 Å². The van der Waals surface area contributed by atoms with Gasteiger partial charge in [-0.2, -0.15) is 9.57 Å². The number of carbonyl (C=O) groups excluding carboxylic acids is 2. The molecule has 6 rings (SSSR count). The number of hydrogen-bond acceptors (Lipinski definition) is 10. The summed E-state index contributed by atoms with van der Waals surface area (Å²) in [5.74, 6) is -3.21. The number of pyridine rings is 1. The second-order valence-corrected chi connectivity index (χ2v) is 13.0. The van der Waals surface area contributed by atoms with E-state index < -0.39 is 45.0 Å². The van der Waals surface area contributed by atoms with Crippen LogP contribution in [-0.4, -0.2) is 61.6 Å². The third-order valence-corrected chi connectivity index (χ3v) is 10.8. The Hall–Kier alpha value is -4.09. The third kappa shape index (κ3) is 4.84. The Bertz CT molecular complexity index is 1890. The van der Waals surface area contributed by atoms with Crippen LogP contribution in [0.4, 0.5) is 0 Å². The molecule has 0 bridgehead atoms. The minimum Gasteiger partial charge on any atom is -0.463 e. The largest absolute Gasteiger partial charge is 0.463 e. The summed E-state index contributed by atoms with van der Waals surface area (Å²) in [6.45, 7) is 3.93. The van der Waals surface area contributed by atoms with Gasteiger partial charge in [0.15, 0.2) is 0 Å². The molecule has 2 aromatic carbocycles. The van der Waals surface area contributed by atoms with E-state index in [1.54, 1.807) is 44.2 Å². The highest BCUT2D eigenvalue weighted by atomic mass is 32.2. The predicted molar refractivity (Wildman–Crippen MR) is 159 cm³/mol. The molecule has 2 fully saturated rings. The summed E-state index contributed by atoms with van der Waals surface area (Å²) in [4.78, 5) is 41.5. The highest BCUT2D eigenvalue weighted by Crippen LogP contribution is 2.43. The molecule has 2 atom stereocenters. The first-order chi connectivity index (χ1) is 21.6. The van der Waals surface area contributed by atoms with Gasteiger partial charge in [-0.05, 0) is 43.7 Å². The molecular weight excluding hydrogens is 602 g/mol. The topological polar surface area (TPSA) is 154 Å². The quantitative estimate of drug-likeness (QED) is 0.338. The van der Waals surface area contributed by atoms with E-state index in [9.17, 15) is 28.1 Å². The second kappa shape index (κ2) is 11.7. The summed E-state index contributed by atoms with van der Waals surface area (Å²) >= 11 is 0. The first kappa shape index (κ1) is 30.9. The minimum absolute atomic E-state index is 0.0488. The van der Waals surface area contributed by atoms with Crippen LogP contribution in [0.5, 0.6) is 0 Å². The maximum Gasteiger partial charge on any atom is 0.355 e. The second-order valence-electron chi connectivity index (χ2n) is 11.2. The van der Waals surface area contributed by atoms with Crippen molar-refractivity contribution >= 4 is 32.7 Å². The first-order valence-corrected chi connectivity index (χ1v) is 16.4. The number of ether oxygens (including phenoxy) is 4. The van der Waals surface area contributed by atoms with Gasteiger partial charge in [0.05, 0.1) is 30.4 Å². The third-order valence-electron chi connectivity index (χ3n) is 8.85. The van der Waals surface area contributed by atoms with Gasteiger partial charge >= 0.3 is 11.9 Å². The number of hydrogen-bond donors (Lipinski definition) is 0. The fourth-order valence-electron chi connectivity index (χ4n) is 6.66. The predicted octanol–water partition coefficient (Wildman–Crippen LogP) is 3.04. The molecule has 3 aromatic rings. The van der Waals surface area contributed by atoms with Crippen molar-refractivity contribution in [3.8, 4) is 6.07 Å². The smallest absolute Gasteiger partial charge is 0.355 e. The molecule has 13 heteroatoms. The van der Waals surface area contributed by atoms with Crippen LogP contribution in [0.2, 0.25) is 0 Å². The number of benzene rings is 2. The number of sulfonamides is 1. The molecule has 1 spiro atoms. The van der Waals surface area contributed by atoms with Crippen molar-refractivity contribution in [2.45, 2.75) is 68.4 Å². The van der Waals surface area contributed by atoms with Crippen molar-refractivity contribution in [3.05, 3.63) is 75.7 Å². The Kier molecular flexibility index (Phi) is 8.03. The zero-order chi connectivity index (χ0) is 32.0. The molecule has 2 saturated heterocycles. The van der Waals surface area contributed by atoms with Crippen LogP contribution in [0, 0.1) is 11.3 Å². The fraction of sp³-hybridized carbons (Fsp3) is 0.438. The van der Waals surface area contributed by atoms with Gasteiger partial charge in [0.2, 0.25) is 21.4 Å². The van der Waals surface area contributed by atoms with E-state index >= 15 is 0 Å². The number of aromatic nitrogens is 1. The van der Waals surface area contributed by atoms with Gasteiger partial charge in [0.25, 0.3) is 5.56 Å². The van der Waals surface area contributed by atoms with Crippen LogP contribution in [0.1, 0.15) is 56.4 Å². The lowest BCUT2D eigenvalue weighted by Gasteiger charge is -2.34. The Morgan fingerprint density at radius 3 is 2.56 bits per heavy atom. The molecule has 0 unspecified atom stereocenters. The van der Waals surface area contributed by atoms with Crippen LogP contribution in [-0.2, 0) is 56.5 Å². The van der Waals surface area contributed by atoms with Crippen molar-refractivity contribution in [1.29, 1.82) is 5.26 Å². The van der Waals surface area contributed by atoms with E-state index in [1.807, 2.05) is 12.1 Å². The molecule has 0 N–H and O–H groups in total. The Morgan fingerprint density at radius 1 is 1.11 bits per heavy atom. The lowest BCUT2D eigenvalue weighted by atomic mass is 9.86. The normalized spacial score (nSPS) is 20.5. The molecule has 4 heterocycles. The summed E-state index contributed by atoms with van der Waals surface area (Å²) in [6.07, 6.45) is 0.641. The summed E-state index contributed by atoms with van der Waals surface area (Å²) < 4.78 is 53.7. The number of esters is 2. The number of carbonyl (C=O) groups is 2. The number of fused-ring (bicyclic) bond motifs is 3. The molecule has 3 aliphatic rings. The zero-order valence-electron chi connectivity index (χ0n) is 25.0. The van der Waals surface area contributed by atoms with Crippen LogP contribution < -0.4 is 5.56 Å². The molecule has 1 aromatic heterocycles. The Morgan fingerprint density at radius 2 is 1.84 bits per heavy atom. The Labute approximate surface area is 260 Å². The van der Waals surface area contributed by atoms with Gasteiger partial charge < -0.3 is 23.5 Å². The zero-order valence-corrected chi connectivity index (χ0v) is 25.8. The molecule has 3 aliphatic heterocycles. The van der Waals surface area contributed by atoms with Crippen molar-refractivity contribution in [2.75, 3.05) is 26.4 Å². The van der Waals surface area contributed by atoms with Gasteiger partial charge in [-0.25, -0.2) is 13.2 Å². The van der Waals surface area contributed by atoms with Crippen molar-refractivity contribution in [3.63, 3.8) is 0 Å². The van der Waals surface area contributed by atoms with Crippen LogP contribution in [0.25, 0.3) is 10.8 Å². The van der Waals surface area contributed by atoms with Gasteiger partial charge in [0, 0.05) is 30.5 Å². The fourth-order valence-corrected chi connectivity index (χ4v) is 8.52. The molecular formula is C32H33N3O9S. The summed E-state index contributed by atoms with van der Waals surface area (Å²) in [5, 5.41) is 11.4. The minimum atomic E-state index is -4.18. The van der Waals surface area contributed by atoms with Crippen LogP contribution >= 0.6 is 0 Å². The van der Waals surface area contributed by atoms with Crippen molar-refractivity contribution in [2.24, 2.45) is 0 Å². The summed E-state index contributed by atoms with van der Waals surface area (Å²) in [5.41, 5.74) is -3.15. The standard InChI is InChI=1S/C32H33N3O9S/c1-3-31(30(38)41-4-2,24-19-27-32(42-17-18-43-32)14-16-34(27)28(36)23(24)20-33)44-29(37)25-12-8-15-35(25)45(39,40)26-13-7-10-21-9-5-6-11-22(21)26/h5-7,9-11,13,19,25H,3-4,8,12,14-18H2,1-2H3/t25-,31-/m1/s1. The first-order valence-electron chi connectivity index (χ1n) is 15.0. The highest BCUT2D eigenvalue weighted by Gasteiger charge is 2.53. The van der Waals surface area contributed by atoms with E-state index in [4.69, 9.17) is 18.9 Å². The average Bonchev–Trinajstić information content (AvgIpc) is 3.81. The molecule has 0 amide bonds. The lowest BCUT2D eigenvalue weighted by molar-refractivity contribution is -0.187. The SMILES string of the molecule is CCOC(=O)[C@](CC)(OC(=O)[C@H]1CCCN1S(=O)(=O)c1cccc2ccccc12)c1cc2n(c(=O)c1C#N)CCC21OCCO1. The molecule has 0 saturated carbocycles. The molecule has 12 nitrogen and oxygen atoms in total. The maximum absolute atomic E-state index is 14.1. The molecule has 45 heavy (non-hydrogen) atoms. The maximum atomic E-state index is 14.1. The van der Waals surface area contributed by atoms with Gasteiger partial charge in [0.1, 0.15) is 17.7 Å². The van der Waals surface area contributed by atoms with E-state index in [2.05, 4.69) is 0 Å². The lowest BCUT2D eigenvalue weighted by Crippen LogP contribution is -2.49. The highest BCUT2D eigenvalue weighted by molar-refractivity contribution is 7.89. The number of nitriles is 1. The van der Waals surface area contributed by atoms with E-state index in [-0.39, 0.29) is 61.8 Å². The van der Waals surface area contributed by atoms with Gasteiger partial charge in [-0.3, -0.25) is 9.59 Å². The molecule has 0 aliphatic carbocycles. The summed E-state index contributed by atoms with van der Waals surface area (Å²) in [6, 6.07) is 14.1. The van der Waals surface area contributed by atoms with Gasteiger partial charge in [-0.1, -0.05) is 43.3 Å². The van der Waals surface area contributed by atoms with E-state index in [0.717, 1.165) is 9.69 Å². The molecule has 0 radical (unpaired) electrons.